The Morgan fingerprint density at radius 3 is 2.82 bits per heavy atom. The molecular weight excluding hydrogens is 446 g/mol. The molecule has 0 aliphatic heterocycles. The molecule has 2 heterocycles. The third-order valence-corrected chi connectivity index (χ3v) is 5.67. The van der Waals surface area contributed by atoms with Crippen molar-refractivity contribution in [1.29, 1.82) is 0 Å². The molecule has 0 saturated heterocycles. The van der Waals surface area contributed by atoms with Crippen LogP contribution in [0.25, 0.3) is 11.6 Å². The van der Waals surface area contributed by atoms with E-state index in [1.165, 1.54) is 18.0 Å². The molecule has 10 heteroatoms. The van der Waals surface area contributed by atoms with Gasteiger partial charge >= 0.3 is 0 Å². The van der Waals surface area contributed by atoms with Crippen LogP contribution in [-0.4, -0.2) is 32.3 Å². The first-order valence-corrected chi connectivity index (χ1v) is 10.2. The number of hydrogen-bond donors (Lipinski definition) is 2. The molecule has 0 fully saturated rings. The number of aromatic nitrogens is 3. The number of hydrogen-bond acceptors (Lipinski definition) is 6. The Morgan fingerprint density at radius 1 is 1.32 bits per heavy atom. The largest absolute Gasteiger partial charge is 0.461 e. The monoisotopic (exact) mass is 463 g/mol. The molecular formula is C18H18BrN5O3S. The summed E-state index contributed by atoms with van der Waals surface area (Å²) in [6, 6.07) is 9.08. The van der Waals surface area contributed by atoms with Gasteiger partial charge in [-0.2, -0.15) is 0 Å². The van der Waals surface area contributed by atoms with Crippen LogP contribution < -0.4 is 11.1 Å². The normalized spacial score (nSPS) is 10.8. The molecule has 0 saturated carbocycles. The van der Waals surface area contributed by atoms with E-state index in [-0.39, 0.29) is 18.1 Å². The van der Waals surface area contributed by atoms with Gasteiger partial charge in [-0.05, 0) is 42.8 Å². The maximum Gasteiger partial charge on any atom is 0.234 e. The summed E-state index contributed by atoms with van der Waals surface area (Å²) in [4.78, 5) is 23.5. The van der Waals surface area contributed by atoms with Crippen molar-refractivity contribution in [3.63, 3.8) is 0 Å². The molecule has 28 heavy (non-hydrogen) atoms. The topological polar surface area (TPSA) is 116 Å². The Morgan fingerprint density at radius 2 is 2.14 bits per heavy atom. The van der Waals surface area contributed by atoms with Gasteiger partial charge < -0.3 is 15.5 Å². The van der Waals surface area contributed by atoms with Gasteiger partial charge in [0, 0.05) is 23.1 Å². The molecule has 3 rings (SSSR count). The van der Waals surface area contributed by atoms with Gasteiger partial charge in [0.15, 0.2) is 16.7 Å². The lowest BCUT2D eigenvalue weighted by molar-refractivity contribution is -0.118. The highest BCUT2D eigenvalue weighted by atomic mass is 79.9. The van der Waals surface area contributed by atoms with Gasteiger partial charge in [0.25, 0.3) is 0 Å². The zero-order valence-electron chi connectivity index (χ0n) is 15.0. The van der Waals surface area contributed by atoms with E-state index in [2.05, 4.69) is 31.4 Å². The van der Waals surface area contributed by atoms with Crippen molar-refractivity contribution < 1.29 is 14.0 Å². The molecule has 3 N–H and O–H groups in total. The van der Waals surface area contributed by atoms with Gasteiger partial charge in [-0.1, -0.05) is 27.7 Å². The van der Waals surface area contributed by atoms with Crippen LogP contribution in [0.1, 0.15) is 12.0 Å². The fraction of sp³-hybridized carbons (Fsp3) is 0.222. The van der Waals surface area contributed by atoms with Gasteiger partial charge in [-0.25, -0.2) is 0 Å². The van der Waals surface area contributed by atoms with Gasteiger partial charge in [0.1, 0.15) is 0 Å². The van der Waals surface area contributed by atoms with Crippen LogP contribution in [0.2, 0.25) is 0 Å². The molecule has 3 aromatic rings. The minimum Gasteiger partial charge on any atom is -0.461 e. The van der Waals surface area contributed by atoms with Crippen molar-refractivity contribution in [3.05, 3.63) is 46.6 Å². The molecule has 146 valence electrons. The minimum absolute atomic E-state index is 0.129. The van der Waals surface area contributed by atoms with E-state index in [1.54, 1.807) is 16.7 Å². The predicted octanol–water partition coefficient (Wildman–Crippen LogP) is 3.22. The molecule has 2 amide bonds. The van der Waals surface area contributed by atoms with Crippen LogP contribution in [0, 0.1) is 6.92 Å². The molecule has 0 aliphatic rings. The number of furan rings is 1. The van der Waals surface area contributed by atoms with Crippen LogP contribution in [-0.2, 0) is 16.1 Å². The van der Waals surface area contributed by atoms with Gasteiger partial charge in [0.2, 0.25) is 11.8 Å². The second-order valence-electron chi connectivity index (χ2n) is 5.95. The van der Waals surface area contributed by atoms with Crippen LogP contribution >= 0.6 is 27.7 Å². The van der Waals surface area contributed by atoms with Crippen molar-refractivity contribution in [2.75, 3.05) is 11.1 Å². The molecule has 0 spiro atoms. The molecule has 8 nitrogen and oxygen atoms in total. The van der Waals surface area contributed by atoms with E-state index in [0.29, 0.717) is 23.3 Å². The number of nitrogens with zero attached hydrogens (tertiary/aromatic N) is 3. The van der Waals surface area contributed by atoms with E-state index in [0.717, 1.165) is 15.7 Å². The summed E-state index contributed by atoms with van der Waals surface area (Å²) in [6.07, 6.45) is 1.66. The summed E-state index contributed by atoms with van der Waals surface area (Å²) in [6.45, 7) is 2.25. The maximum atomic E-state index is 12.3. The lowest BCUT2D eigenvalue weighted by Crippen LogP contribution is -2.16. The van der Waals surface area contributed by atoms with Crippen molar-refractivity contribution in [2.24, 2.45) is 5.73 Å². The molecule has 0 atom stereocenters. The molecule has 0 aliphatic carbocycles. The molecule has 0 radical (unpaired) electrons. The van der Waals surface area contributed by atoms with E-state index in [9.17, 15) is 9.59 Å². The summed E-state index contributed by atoms with van der Waals surface area (Å²) < 4.78 is 8.08. The van der Waals surface area contributed by atoms with Crippen LogP contribution in [0.4, 0.5) is 5.69 Å². The first-order chi connectivity index (χ1) is 13.4. The first kappa shape index (κ1) is 20.2. The summed E-state index contributed by atoms with van der Waals surface area (Å²) >= 11 is 4.66. The average Bonchev–Trinajstić information content (AvgIpc) is 3.30. The van der Waals surface area contributed by atoms with E-state index < -0.39 is 5.91 Å². The highest BCUT2D eigenvalue weighted by Gasteiger charge is 2.18. The fourth-order valence-electron chi connectivity index (χ4n) is 2.46. The lowest BCUT2D eigenvalue weighted by Gasteiger charge is -2.09. The number of rotatable bonds is 8. The Balaban J connectivity index is 1.69. The zero-order chi connectivity index (χ0) is 20.1. The number of carbonyl (C=O) groups is 2. The number of nitrogens with one attached hydrogen (secondary N) is 1. The van der Waals surface area contributed by atoms with E-state index in [1.807, 2.05) is 25.1 Å². The van der Waals surface area contributed by atoms with Crippen LogP contribution in [0.3, 0.4) is 0 Å². The van der Waals surface area contributed by atoms with Gasteiger partial charge in [-0.3, -0.25) is 14.2 Å². The van der Waals surface area contributed by atoms with E-state index in [4.69, 9.17) is 10.2 Å². The number of nitrogens with two attached hydrogens (primary N) is 1. The Labute approximate surface area is 174 Å². The fourth-order valence-corrected chi connectivity index (χ4v) is 3.47. The standard InChI is InChI=1S/C18H18BrN5O3S/c1-11-9-12(4-5-13(11)19)21-16(26)10-28-18-23-22-17(14-3-2-8-27-14)24(18)7-6-15(20)25/h2-5,8-9H,6-7,10H2,1H3,(H2,20,25)(H,21,26). The molecule has 0 unspecified atom stereocenters. The highest BCUT2D eigenvalue weighted by molar-refractivity contribution is 9.10. The second-order valence-corrected chi connectivity index (χ2v) is 7.75. The quantitative estimate of drug-likeness (QED) is 0.495. The summed E-state index contributed by atoms with van der Waals surface area (Å²) in [5.74, 6) is 0.549. The van der Waals surface area contributed by atoms with Gasteiger partial charge in [-0.15, -0.1) is 10.2 Å². The highest BCUT2D eigenvalue weighted by Crippen LogP contribution is 2.25. The summed E-state index contributed by atoms with van der Waals surface area (Å²) in [7, 11) is 0. The third-order valence-electron chi connectivity index (χ3n) is 3.81. The van der Waals surface area contributed by atoms with Crippen LogP contribution in [0.15, 0.2) is 50.6 Å². The molecule has 0 bridgehead atoms. The van der Waals surface area contributed by atoms with E-state index >= 15 is 0 Å². The maximum absolute atomic E-state index is 12.3. The number of benzene rings is 1. The number of carbonyl (C=O) groups excluding carboxylic acids is 2. The molecule has 1 aromatic carbocycles. The van der Waals surface area contributed by atoms with Gasteiger partial charge in [0.05, 0.1) is 12.0 Å². The van der Waals surface area contributed by atoms with Crippen molar-refractivity contribution in [1.82, 2.24) is 14.8 Å². The third kappa shape index (κ3) is 5.02. The Hall–Kier alpha value is -2.59. The van der Waals surface area contributed by atoms with Crippen LogP contribution in [0.5, 0.6) is 0 Å². The Kier molecular flexibility index (Phi) is 6.53. The number of amides is 2. The van der Waals surface area contributed by atoms with Crippen molar-refractivity contribution in [2.45, 2.75) is 25.0 Å². The van der Waals surface area contributed by atoms with Crippen molar-refractivity contribution >= 4 is 45.2 Å². The average molecular weight is 464 g/mol. The zero-order valence-corrected chi connectivity index (χ0v) is 17.4. The lowest BCUT2D eigenvalue weighted by atomic mass is 10.2. The minimum atomic E-state index is -0.432. The first-order valence-electron chi connectivity index (χ1n) is 8.38. The number of aryl methyl sites for hydroxylation is 1. The number of halogens is 1. The number of anilines is 1. The molecule has 2 aromatic heterocycles. The second kappa shape index (κ2) is 9.07. The number of primary amides is 1. The Bertz CT molecular complexity index is 987. The predicted molar refractivity (Wildman–Crippen MR) is 110 cm³/mol. The van der Waals surface area contributed by atoms with Crippen molar-refractivity contribution in [3.8, 4) is 11.6 Å². The summed E-state index contributed by atoms with van der Waals surface area (Å²) in [5, 5.41) is 11.6. The summed E-state index contributed by atoms with van der Waals surface area (Å²) in [5.41, 5.74) is 7.02. The number of thioether (sulfide) groups is 1. The smallest absolute Gasteiger partial charge is 0.234 e. The SMILES string of the molecule is Cc1cc(NC(=O)CSc2nnc(-c3ccco3)n2CCC(N)=O)ccc1Br.